The number of carbonyl (C=O) groups is 1. The summed E-state index contributed by atoms with van der Waals surface area (Å²) in [5, 5.41) is 2.95. The number of ether oxygens (including phenoxy) is 1. The van der Waals surface area contributed by atoms with Gasteiger partial charge < -0.3 is 10.1 Å². The maximum atomic E-state index is 11.3. The molecule has 1 aliphatic carbocycles. The molecule has 3 nitrogen and oxygen atoms in total. The van der Waals surface area contributed by atoms with Crippen LogP contribution in [0, 0.1) is 0 Å². The Hall–Kier alpha value is -0.830. The maximum absolute atomic E-state index is 11.3. The van der Waals surface area contributed by atoms with Gasteiger partial charge in [0, 0.05) is 12.2 Å². The van der Waals surface area contributed by atoms with E-state index in [-0.39, 0.29) is 11.9 Å². The number of rotatable bonds is 2. The minimum absolute atomic E-state index is 0.108. The van der Waals surface area contributed by atoms with Crippen molar-refractivity contribution in [1.29, 1.82) is 0 Å². The van der Waals surface area contributed by atoms with Crippen LogP contribution in [0.3, 0.4) is 0 Å². The molecule has 2 aliphatic rings. The summed E-state index contributed by atoms with van der Waals surface area (Å²) in [6.07, 6.45) is 4.95. The van der Waals surface area contributed by atoms with E-state index < -0.39 is 0 Å². The average molecular weight is 167 g/mol. The first-order valence-electron chi connectivity index (χ1n) is 4.44. The summed E-state index contributed by atoms with van der Waals surface area (Å²) in [7, 11) is 0. The number of nitrogens with one attached hydrogen (secondary N) is 1. The fourth-order valence-electron chi connectivity index (χ4n) is 1.42. The van der Waals surface area contributed by atoms with Gasteiger partial charge in [0.25, 0.3) is 0 Å². The zero-order chi connectivity index (χ0) is 8.39. The normalized spacial score (nSPS) is 27.7. The molecule has 1 atom stereocenters. The van der Waals surface area contributed by atoms with Crippen molar-refractivity contribution < 1.29 is 9.53 Å². The molecule has 0 spiro atoms. The third-order valence-electron chi connectivity index (χ3n) is 2.36. The number of amides is 1. The van der Waals surface area contributed by atoms with Gasteiger partial charge in [-0.05, 0) is 19.3 Å². The summed E-state index contributed by atoms with van der Waals surface area (Å²) in [6.45, 7) is 1.46. The lowest BCUT2D eigenvalue weighted by Crippen LogP contribution is -2.36. The number of hydrogen-bond acceptors (Lipinski definition) is 2. The topological polar surface area (TPSA) is 38.3 Å². The standard InChI is InChI=1S/C9H13NO2/c11-9(7-2-1-3-7)10-8-4-5-12-6-8/h2,8H,1,3-6H2,(H,10,11). The van der Waals surface area contributed by atoms with Crippen molar-refractivity contribution in [2.75, 3.05) is 13.2 Å². The lowest BCUT2D eigenvalue weighted by molar-refractivity contribution is -0.118. The quantitative estimate of drug-likeness (QED) is 0.654. The first-order valence-corrected chi connectivity index (χ1v) is 4.44. The second-order valence-corrected chi connectivity index (χ2v) is 3.30. The molecule has 0 aromatic rings. The molecule has 66 valence electrons. The monoisotopic (exact) mass is 167 g/mol. The fourth-order valence-corrected chi connectivity index (χ4v) is 1.42. The Kier molecular flexibility index (Phi) is 2.13. The van der Waals surface area contributed by atoms with Gasteiger partial charge in [0.15, 0.2) is 0 Å². The van der Waals surface area contributed by atoms with Crippen LogP contribution in [0.15, 0.2) is 11.6 Å². The van der Waals surface area contributed by atoms with Crippen LogP contribution in [0.25, 0.3) is 0 Å². The second-order valence-electron chi connectivity index (χ2n) is 3.30. The molecule has 1 fully saturated rings. The van der Waals surface area contributed by atoms with E-state index in [4.69, 9.17) is 4.74 Å². The van der Waals surface area contributed by atoms with E-state index in [1.165, 1.54) is 0 Å². The summed E-state index contributed by atoms with van der Waals surface area (Å²) in [5.74, 6) is 0.108. The molecule has 0 bridgehead atoms. The Morgan fingerprint density at radius 1 is 1.67 bits per heavy atom. The van der Waals surface area contributed by atoms with E-state index in [1.807, 2.05) is 6.08 Å². The Balaban J connectivity index is 1.81. The Labute approximate surface area is 71.8 Å². The van der Waals surface area contributed by atoms with Crippen molar-refractivity contribution in [3.05, 3.63) is 11.6 Å². The van der Waals surface area contributed by atoms with Crippen molar-refractivity contribution in [1.82, 2.24) is 5.32 Å². The van der Waals surface area contributed by atoms with Crippen LogP contribution in [-0.2, 0) is 9.53 Å². The van der Waals surface area contributed by atoms with Crippen molar-refractivity contribution >= 4 is 5.91 Å². The molecule has 1 N–H and O–H groups in total. The highest BCUT2D eigenvalue weighted by molar-refractivity contribution is 5.94. The van der Waals surface area contributed by atoms with Gasteiger partial charge in [0.05, 0.1) is 12.6 Å². The highest BCUT2D eigenvalue weighted by Crippen LogP contribution is 2.18. The van der Waals surface area contributed by atoms with Gasteiger partial charge in [-0.25, -0.2) is 0 Å². The fraction of sp³-hybridized carbons (Fsp3) is 0.667. The SMILES string of the molecule is O=C(NC1CCOC1)C1=CCC1. The first-order chi connectivity index (χ1) is 5.86. The predicted molar refractivity (Wildman–Crippen MR) is 44.7 cm³/mol. The Bertz CT molecular complexity index is 217. The van der Waals surface area contributed by atoms with E-state index >= 15 is 0 Å². The highest BCUT2D eigenvalue weighted by atomic mass is 16.5. The maximum Gasteiger partial charge on any atom is 0.247 e. The Morgan fingerprint density at radius 3 is 3.00 bits per heavy atom. The van der Waals surface area contributed by atoms with Crippen LogP contribution in [0.5, 0.6) is 0 Å². The van der Waals surface area contributed by atoms with Crippen LogP contribution in [0.2, 0.25) is 0 Å². The zero-order valence-electron chi connectivity index (χ0n) is 7.01. The molecule has 0 radical (unpaired) electrons. The lowest BCUT2D eigenvalue weighted by Gasteiger charge is -2.16. The van der Waals surface area contributed by atoms with Crippen molar-refractivity contribution in [3.63, 3.8) is 0 Å². The Morgan fingerprint density at radius 2 is 2.50 bits per heavy atom. The average Bonchev–Trinajstić information content (AvgIpc) is 2.34. The van der Waals surface area contributed by atoms with E-state index in [9.17, 15) is 4.79 Å². The van der Waals surface area contributed by atoms with Gasteiger partial charge in [-0.15, -0.1) is 0 Å². The molecule has 3 heteroatoms. The molecule has 1 aliphatic heterocycles. The van der Waals surface area contributed by atoms with E-state index in [1.54, 1.807) is 0 Å². The molecule has 1 amide bonds. The molecule has 0 saturated carbocycles. The summed E-state index contributed by atoms with van der Waals surface area (Å²) in [6, 6.07) is 0.249. The van der Waals surface area contributed by atoms with Gasteiger partial charge in [-0.3, -0.25) is 4.79 Å². The van der Waals surface area contributed by atoms with Crippen LogP contribution < -0.4 is 5.32 Å². The third kappa shape index (κ3) is 1.50. The minimum Gasteiger partial charge on any atom is -0.379 e. The number of carbonyl (C=O) groups excluding carboxylic acids is 1. The van der Waals surface area contributed by atoms with Crippen LogP contribution >= 0.6 is 0 Å². The van der Waals surface area contributed by atoms with E-state index in [0.29, 0.717) is 6.61 Å². The van der Waals surface area contributed by atoms with Crippen LogP contribution in [-0.4, -0.2) is 25.2 Å². The molecule has 1 saturated heterocycles. The summed E-state index contributed by atoms with van der Waals surface area (Å²) < 4.78 is 5.16. The van der Waals surface area contributed by atoms with Crippen LogP contribution in [0.4, 0.5) is 0 Å². The van der Waals surface area contributed by atoms with Crippen molar-refractivity contribution in [2.24, 2.45) is 0 Å². The third-order valence-corrected chi connectivity index (χ3v) is 2.36. The van der Waals surface area contributed by atoms with E-state index in [0.717, 1.165) is 31.4 Å². The molecule has 2 rings (SSSR count). The molecular weight excluding hydrogens is 154 g/mol. The second kappa shape index (κ2) is 3.27. The molecular formula is C9H13NO2. The molecule has 0 aromatic heterocycles. The number of hydrogen-bond donors (Lipinski definition) is 1. The largest absolute Gasteiger partial charge is 0.379 e. The van der Waals surface area contributed by atoms with Crippen molar-refractivity contribution in [2.45, 2.75) is 25.3 Å². The lowest BCUT2D eigenvalue weighted by atomic mass is 9.98. The smallest absolute Gasteiger partial charge is 0.247 e. The summed E-state index contributed by atoms with van der Waals surface area (Å²) >= 11 is 0. The number of allylic oxidation sites excluding steroid dienone is 1. The van der Waals surface area contributed by atoms with Crippen LogP contribution in [0.1, 0.15) is 19.3 Å². The zero-order valence-corrected chi connectivity index (χ0v) is 7.01. The predicted octanol–water partition coefficient (Wildman–Crippen LogP) is 0.612. The minimum atomic E-state index is 0.108. The first kappa shape index (κ1) is 7.80. The van der Waals surface area contributed by atoms with E-state index in [2.05, 4.69) is 5.32 Å². The molecule has 12 heavy (non-hydrogen) atoms. The van der Waals surface area contributed by atoms with Gasteiger partial charge in [-0.2, -0.15) is 0 Å². The van der Waals surface area contributed by atoms with Gasteiger partial charge >= 0.3 is 0 Å². The van der Waals surface area contributed by atoms with Gasteiger partial charge in [-0.1, -0.05) is 6.08 Å². The molecule has 0 aromatic carbocycles. The van der Waals surface area contributed by atoms with Gasteiger partial charge in [0.1, 0.15) is 0 Å². The summed E-state index contributed by atoms with van der Waals surface area (Å²) in [5.41, 5.74) is 0.946. The van der Waals surface area contributed by atoms with Crippen molar-refractivity contribution in [3.8, 4) is 0 Å². The molecule has 1 heterocycles. The summed E-state index contributed by atoms with van der Waals surface area (Å²) in [4.78, 5) is 11.3. The highest BCUT2D eigenvalue weighted by Gasteiger charge is 2.21. The molecule has 1 unspecified atom stereocenters. The van der Waals surface area contributed by atoms with Gasteiger partial charge in [0.2, 0.25) is 5.91 Å².